The summed E-state index contributed by atoms with van der Waals surface area (Å²) in [5.41, 5.74) is 1.76. The average Bonchev–Trinajstić information content (AvgIpc) is 2.57. The molecule has 2 N–H and O–H groups in total. The number of aliphatic hydroxyl groups excluding tert-OH is 2. The third-order valence-electron chi connectivity index (χ3n) is 4.91. The van der Waals surface area contributed by atoms with Gasteiger partial charge in [0.2, 0.25) is 0 Å². The van der Waals surface area contributed by atoms with Crippen LogP contribution in [0, 0.1) is 0 Å². The lowest BCUT2D eigenvalue weighted by molar-refractivity contribution is 0.0467. The highest BCUT2D eigenvalue weighted by atomic mass is 79.9. The quantitative estimate of drug-likeness (QED) is 0.441. The maximum atomic E-state index is 10.5. The van der Waals surface area contributed by atoms with Crippen LogP contribution in [0.4, 0.5) is 0 Å². The Bertz CT molecular complexity index is 1100. The molecule has 1 aliphatic rings. The zero-order chi connectivity index (χ0) is 15.7. The molecule has 0 saturated carbocycles. The van der Waals surface area contributed by atoms with Crippen molar-refractivity contribution in [1.82, 2.24) is 0 Å². The predicted octanol–water partition coefficient (Wildman–Crippen LogP) is 4.77. The van der Waals surface area contributed by atoms with Gasteiger partial charge in [0.05, 0.1) is 0 Å². The molecule has 3 heteroatoms. The first-order valence-corrected chi connectivity index (χ1v) is 8.39. The fraction of sp³-hybridized carbons (Fsp3) is 0.100. The number of benzene rings is 4. The standard InChI is InChI=1S/C20H13BrO2/c21-19-14-7-5-11-3-1-2-10-4-6-12(17(14)16(10)11)13-8-9-15(22)20(23)18(13)19/h1-9,15,20,22-23H. The molecule has 112 valence electrons. The Kier molecular flexibility index (Phi) is 2.66. The summed E-state index contributed by atoms with van der Waals surface area (Å²) in [7, 11) is 0. The van der Waals surface area contributed by atoms with E-state index in [4.69, 9.17) is 0 Å². The molecule has 0 fully saturated rings. The maximum Gasteiger partial charge on any atom is 0.110 e. The minimum Gasteiger partial charge on any atom is -0.386 e. The summed E-state index contributed by atoms with van der Waals surface area (Å²) in [6.07, 6.45) is 1.80. The molecule has 0 aliphatic heterocycles. The number of halogens is 1. The van der Waals surface area contributed by atoms with E-state index < -0.39 is 12.2 Å². The number of hydrogen-bond donors (Lipinski definition) is 2. The van der Waals surface area contributed by atoms with Crippen LogP contribution in [-0.4, -0.2) is 16.3 Å². The van der Waals surface area contributed by atoms with E-state index in [2.05, 4.69) is 58.4 Å². The minimum atomic E-state index is -0.911. The third-order valence-corrected chi connectivity index (χ3v) is 5.76. The summed E-state index contributed by atoms with van der Waals surface area (Å²) in [6, 6.07) is 14.8. The van der Waals surface area contributed by atoms with Gasteiger partial charge >= 0.3 is 0 Å². The lowest BCUT2D eigenvalue weighted by Gasteiger charge is -2.26. The highest BCUT2D eigenvalue weighted by molar-refractivity contribution is 9.10. The van der Waals surface area contributed by atoms with Crippen LogP contribution in [-0.2, 0) is 0 Å². The van der Waals surface area contributed by atoms with E-state index in [1.807, 2.05) is 6.08 Å². The Hall–Kier alpha value is -1.94. The van der Waals surface area contributed by atoms with Crippen molar-refractivity contribution < 1.29 is 10.2 Å². The Balaban J connectivity index is 2.10. The van der Waals surface area contributed by atoms with Crippen molar-refractivity contribution in [2.75, 3.05) is 0 Å². The van der Waals surface area contributed by atoms with Crippen LogP contribution in [0.2, 0.25) is 0 Å². The fourth-order valence-corrected chi connectivity index (χ4v) is 4.62. The summed E-state index contributed by atoms with van der Waals surface area (Å²) in [5.74, 6) is 0. The van der Waals surface area contributed by atoms with Crippen molar-refractivity contribution in [2.45, 2.75) is 12.2 Å². The summed E-state index contributed by atoms with van der Waals surface area (Å²) in [4.78, 5) is 0. The molecule has 0 amide bonds. The van der Waals surface area contributed by atoms with E-state index in [9.17, 15) is 10.2 Å². The van der Waals surface area contributed by atoms with Gasteiger partial charge in [-0.2, -0.15) is 0 Å². The molecule has 23 heavy (non-hydrogen) atoms. The highest BCUT2D eigenvalue weighted by Gasteiger charge is 2.28. The van der Waals surface area contributed by atoms with Crippen LogP contribution in [0.5, 0.6) is 0 Å². The maximum absolute atomic E-state index is 10.5. The summed E-state index contributed by atoms with van der Waals surface area (Å²) in [6.45, 7) is 0. The van der Waals surface area contributed by atoms with Crippen molar-refractivity contribution in [3.05, 3.63) is 64.1 Å². The van der Waals surface area contributed by atoms with Crippen molar-refractivity contribution in [3.63, 3.8) is 0 Å². The Morgan fingerprint density at radius 3 is 2.26 bits per heavy atom. The van der Waals surface area contributed by atoms with Gasteiger partial charge in [-0.3, -0.25) is 0 Å². The van der Waals surface area contributed by atoms with E-state index in [1.54, 1.807) is 6.08 Å². The molecule has 2 unspecified atom stereocenters. The van der Waals surface area contributed by atoms with E-state index >= 15 is 0 Å². The summed E-state index contributed by atoms with van der Waals surface area (Å²) < 4.78 is 0.870. The van der Waals surface area contributed by atoms with Gasteiger partial charge in [0.25, 0.3) is 0 Å². The highest BCUT2D eigenvalue weighted by Crippen LogP contribution is 2.45. The molecule has 2 atom stereocenters. The number of hydrogen-bond acceptors (Lipinski definition) is 2. The average molecular weight is 365 g/mol. The molecule has 4 aromatic rings. The number of aliphatic hydroxyl groups is 2. The van der Waals surface area contributed by atoms with Gasteiger partial charge < -0.3 is 10.2 Å². The first-order valence-electron chi connectivity index (χ1n) is 7.60. The van der Waals surface area contributed by atoms with E-state index in [1.165, 1.54) is 21.5 Å². The third kappa shape index (κ3) is 1.65. The first kappa shape index (κ1) is 13.5. The zero-order valence-corrected chi connectivity index (χ0v) is 13.7. The van der Waals surface area contributed by atoms with Crippen LogP contribution < -0.4 is 0 Å². The van der Waals surface area contributed by atoms with Crippen LogP contribution in [0.25, 0.3) is 38.4 Å². The second-order valence-corrected chi connectivity index (χ2v) is 6.91. The van der Waals surface area contributed by atoms with Crippen LogP contribution in [0.1, 0.15) is 17.2 Å². The first-order chi connectivity index (χ1) is 11.2. The molecule has 2 nitrogen and oxygen atoms in total. The summed E-state index contributed by atoms with van der Waals surface area (Å²) >= 11 is 3.67. The van der Waals surface area contributed by atoms with Gasteiger partial charge in [0, 0.05) is 10.0 Å². The smallest absolute Gasteiger partial charge is 0.110 e. The molecular formula is C20H13BrO2. The van der Waals surface area contributed by atoms with Gasteiger partial charge in [-0.05, 0) is 53.8 Å². The normalized spacial score (nSPS) is 20.7. The van der Waals surface area contributed by atoms with Crippen LogP contribution in [0.3, 0.4) is 0 Å². The molecule has 0 heterocycles. The largest absolute Gasteiger partial charge is 0.386 e. The monoisotopic (exact) mass is 364 g/mol. The van der Waals surface area contributed by atoms with Crippen molar-refractivity contribution in [3.8, 4) is 0 Å². The van der Waals surface area contributed by atoms with E-state index in [0.29, 0.717) is 0 Å². The second-order valence-electron chi connectivity index (χ2n) is 6.12. The molecule has 0 saturated heterocycles. The number of rotatable bonds is 0. The van der Waals surface area contributed by atoms with Gasteiger partial charge in [0.1, 0.15) is 12.2 Å². The van der Waals surface area contributed by atoms with Gasteiger partial charge in [-0.25, -0.2) is 0 Å². The van der Waals surface area contributed by atoms with Crippen molar-refractivity contribution in [1.29, 1.82) is 0 Å². The lowest BCUT2D eigenvalue weighted by atomic mass is 9.84. The van der Waals surface area contributed by atoms with Crippen molar-refractivity contribution in [2.24, 2.45) is 0 Å². The topological polar surface area (TPSA) is 40.5 Å². The number of fused-ring (bicyclic) bond motifs is 2. The SMILES string of the molecule is OC1C=Cc2c(c(Br)c3ccc4cccc5ccc2c3c45)C1O. The predicted molar refractivity (Wildman–Crippen MR) is 97.8 cm³/mol. The molecule has 1 aliphatic carbocycles. The van der Waals surface area contributed by atoms with E-state index in [-0.39, 0.29) is 0 Å². The fourth-order valence-electron chi connectivity index (χ4n) is 3.84. The second kappa shape index (κ2) is 4.54. The molecule has 0 spiro atoms. The van der Waals surface area contributed by atoms with Crippen molar-refractivity contribution >= 4 is 54.3 Å². The van der Waals surface area contributed by atoms with Gasteiger partial charge in [-0.15, -0.1) is 0 Å². The summed E-state index contributed by atoms with van der Waals surface area (Å²) in [5, 5.41) is 27.5. The Morgan fingerprint density at radius 2 is 1.52 bits per heavy atom. The molecule has 0 radical (unpaired) electrons. The molecule has 4 aromatic carbocycles. The van der Waals surface area contributed by atoms with Crippen LogP contribution >= 0.6 is 15.9 Å². The van der Waals surface area contributed by atoms with Gasteiger partial charge in [-0.1, -0.05) is 54.6 Å². The lowest BCUT2D eigenvalue weighted by Crippen LogP contribution is -2.20. The molecular weight excluding hydrogens is 352 g/mol. The van der Waals surface area contributed by atoms with Crippen LogP contribution in [0.15, 0.2) is 53.0 Å². The molecule has 0 bridgehead atoms. The molecule has 5 rings (SSSR count). The zero-order valence-electron chi connectivity index (χ0n) is 12.1. The minimum absolute atomic E-state index is 0.769. The molecule has 0 aromatic heterocycles. The van der Waals surface area contributed by atoms with Gasteiger partial charge in [0.15, 0.2) is 0 Å². The van der Waals surface area contributed by atoms with E-state index in [0.717, 1.165) is 26.4 Å². The Morgan fingerprint density at radius 1 is 0.826 bits per heavy atom. The Labute approximate surface area is 141 Å².